The fourth-order valence-corrected chi connectivity index (χ4v) is 7.41. The molecule has 10 rings (SSSR count). The summed E-state index contributed by atoms with van der Waals surface area (Å²) in [6.07, 6.45) is 1.83. The van der Waals surface area contributed by atoms with Crippen LogP contribution >= 0.6 is 0 Å². The molecule has 0 aliphatic carbocycles. The summed E-state index contributed by atoms with van der Waals surface area (Å²) in [6, 6.07) is 59.8. The molecule has 1 aliphatic heterocycles. The van der Waals surface area contributed by atoms with Crippen molar-refractivity contribution in [1.82, 2.24) is 15.0 Å². The first-order valence-electron chi connectivity index (χ1n) is 17.0. The first kappa shape index (κ1) is 28.7. The van der Waals surface area contributed by atoms with Crippen molar-refractivity contribution < 1.29 is 4.42 Å². The highest BCUT2D eigenvalue weighted by molar-refractivity contribution is 6.14. The first-order chi connectivity index (χ1) is 24.8. The molecule has 2 aromatic heterocycles. The fourth-order valence-electron chi connectivity index (χ4n) is 7.41. The van der Waals surface area contributed by atoms with Gasteiger partial charge in [-0.05, 0) is 52.1 Å². The van der Waals surface area contributed by atoms with Crippen molar-refractivity contribution >= 4 is 50.1 Å². The van der Waals surface area contributed by atoms with E-state index in [0.29, 0.717) is 0 Å². The smallest absolute Gasteiger partial charge is 0.144 e. The van der Waals surface area contributed by atoms with E-state index in [0.717, 1.165) is 49.7 Å². The van der Waals surface area contributed by atoms with E-state index in [2.05, 4.69) is 173 Å². The van der Waals surface area contributed by atoms with Gasteiger partial charge in [-0.2, -0.15) is 5.01 Å². The maximum Gasteiger partial charge on any atom is 0.144 e. The van der Waals surface area contributed by atoms with Gasteiger partial charge in [-0.15, -0.1) is 0 Å². The average molecular weight is 645 g/mol. The highest BCUT2D eigenvalue weighted by atomic mass is 16.3. The molecule has 1 aliphatic rings. The molecule has 2 unspecified atom stereocenters. The van der Waals surface area contributed by atoms with Crippen LogP contribution in [0.2, 0.25) is 0 Å². The lowest BCUT2D eigenvalue weighted by Crippen LogP contribution is -2.11. The Morgan fingerprint density at radius 3 is 2.14 bits per heavy atom. The van der Waals surface area contributed by atoms with Crippen LogP contribution in [0.3, 0.4) is 0 Å². The van der Waals surface area contributed by atoms with Gasteiger partial charge in [0.05, 0.1) is 17.4 Å². The van der Waals surface area contributed by atoms with E-state index >= 15 is 0 Å². The van der Waals surface area contributed by atoms with Crippen LogP contribution in [0.1, 0.15) is 23.5 Å². The monoisotopic (exact) mass is 644 g/mol. The number of nitrogens with one attached hydrogen (secondary N) is 1. The second-order valence-electron chi connectivity index (χ2n) is 12.9. The number of nitrogens with zero attached hydrogens (tertiary/aromatic N) is 3. The number of hydrogen-bond donors (Lipinski definition) is 1. The van der Waals surface area contributed by atoms with Gasteiger partial charge in [-0.25, -0.2) is 10.4 Å². The minimum Gasteiger partial charge on any atom is -0.455 e. The molecule has 0 amide bonds. The van der Waals surface area contributed by atoms with E-state index in [-0.39, 0.29) is 12.3 Å². The summed E-state index contributed by atoms with van der Waals surface area (Å²) in [5.41, 5.74) is 14.6. The van der Waals surface area contributed by atoms with E-state index in [9.17, 15) is 0 Å². The Labute approximate surface area is 289 Å². The molecule has 3 atom stereocenters. The Morgan fingerprint density at radius 1 is 0.560 bits per heavy atom. The largest absolute Gasteiger partial charge is 0.455 e. The van der Waals surface area contributed by atoms with E-state index in [1.165, 1.54) is 27.5 Å². The molecule has 3 heterocycles. The lowest BCUT2D eigenvalue weighted by molar-refractivity contribution is 0.371. The van der Waals surface area contributed by atoms with Gasteiger partial charge in [0.2, 0.25) is 0 Å². The van der Waals surface area contributed by atoms with Gasteiger partial charge in [0.1, 0.15) is 23.5 Å². The topological polar surface area (TPSA) is 55.4 Å². The number of para-hydroxylation sites is 3. The summed E-state index contributed by atoms with van der Waals surface area (Å²) in [6.45, 7) is 0. The van der Waals surface area contributed by atoms with Gasteiger partial charge in [0.25, 0.3) is 0 Å². The van der Waals surface area contributed by atoms with Crippen LogP contribution in [0.5, 0.6) is 0 Å². The zero-order valence-electron chi connectivity index (χ0n) is 27.1. The van der Waals surface area contributed by atoms with Gasteiger partial charge >= 0.3 is 0 Å². The summed E-state index contributed by atoms with van der Waals surface area (Å²) in [5.74, 6) is 0. The van der Waals surface area contributed by atoms with E-state index in [1.54, 1.807) is 0 Å². The molecule has 0 spiro atoms. The van der Waals surface area contributed by atoms with Crippen LogP contribution in [-0.2, 0) is 0 Å². The Morgan fingerprint density at radius 2 is 1.26 bits per heavy atom. The molecule has 0 bridgehead atoms. The Balaban J connectivity index is 1.07. The number of aromatic nitrogens is 1. The second-order valence-corrected chi connectivity index (χ2v) is 12.9. The first-order valence-corrected chi connectivity index (χ1v) is 17.0. The molecular weight excluding hydrogens is 613 g/mol. The predicted molar refractivity (Wildman–Crippen MR) is 205 cm³/mol. The minimum absolute atomic E-state index is 0.0510. The van der Waals surface area contributed by atoms with Crippen molar-refractivity contribution in [2.24, 2.45) is 4.99 Å². The molecular formula is C45H32N4O. The van der Waals surface area contributed by atoms with Crippen LogP contribution < -0.4 is 5.43 Å². The number of rotatable bonds is 7. The van der Waals surface area contributed by atoms with Crippen molar-refractivity contribution in [3.63, 3.8) is 0 Å². The minimum atomic E-state index is -0.231. The molecule has 238 valence electrons. The summed E-state index contributed by atoms with van der Waals surface area (Å²) in [7, 11) is 0. The Hall–Kier alpha value is -6.27. The van der Waals surface area contributed by atoms with Crippen molar-refractivity contribution in [3.05, 3.63) is 181 Å². The summed E-state index contributed by atoms with van der Waals surface area (Å²) >= 11 is 0. The van der Waals surface area contributed by atoms with Crippen LogP contribution in [0, 0.1) is 0 Å². The van der Waals surface area contributed by atoms with Crippen LogP contribution in [0.4, 0.5) is 0 Å². The van der Waals surface area contributed by atoms with Crippen molar-refractivity contribution in [2.75, 3.05) is 0 Å². The quantitative estimate of drug-likeness (QED) is 0.107. The molecule has 0 radical (unpaired) electrons. The Bertz CT molecular complexity index is 2710. The molecule has 5 nitrogen and oxygen atoms in total. The maximum atomic E-state index is 6.43. The van der Waals surface area contributed by atoms with Crippen molar-refractivity contribution in [1.29, 1.82) is 0 Å². The lowest BCUT2D eigenvalue weighted by Gasteiger charge is -2.14. The zero-order chi connectivity index (χ0) is 33.0. The maximum absolute atomic E-state index is 6.43. The predicted octanol–water partition coefficient (Wildman–Crippen LogP) is 11.1. The number of aliphatic imine (C=N–C) groups is 1. The SMILES string of the molecule is C(=N\C(c1ccccc1)[N@@]1NC1c1cccc(-c2ccccc2)c1)/n1c2ccccc2c2ccc(-c3cccc4c3oc3ccccc34)cc21. The van der Waals surface area contributed by atoms with Gasteiger partial charge in [0, 0.05) is 27.1 Å². The zero-order valence-corrected chi connectivity index (χ0v) is 27.1. The summed E-state index contributed by atoms with van der Waals surface area (Å²) < 4.78 is 8.67. The van der Waals surface area contributed by atoms with Crippen LogP contribution in [0.15, 0.2) is 179 Å². The third kappa shape index (κ3) is 4.83. The number of hydrazine groups is 1. The second kappa shape index (κ2) is 11.7. The number of fused-ring (bicyclic) bond motifs is 6. The third-order valence-corrected chi connectivity index (χ3v) is 9.90. The van der Waals surface area contributed by atoms with Crippen LogP contribution in [-0.4, -0.2) is 15.9 Å². The number of furan rings is 1. The normalized spacial score (nSPS) is 16.6. The standard InChI is InChI=1S/C45H32N4O/c1-3-13-30(14-4-1)32-17-11-18-34(27-32)45-47-49(45)44(31-15-5-2-6-16-31)46-29-48-40-23-9-7-19-36(40)37-26-25-33(28-41(37)48)35-21-12-22-39-38-20-8-10-24-42(38)50-43(35)39/h1-29,44-45,47H/b46-29+/t44?,45?,49-/m1/s1. The number of hydrogen-bond acceptors (Lipinski definition) is 4. The summed E-state index contributed by atoms with van der Waals surface area (Å²) in [5, 5.41) is 6.87. The fraction of sp³-hybridized carbons (Fsp3) is 0.0444. The Kier molecular flexibility index (Phi) is 6.72. The average Bonchev–Trinajstić information content (AvgIpc) is 3.79. The highest BCUT2D eigenvalue weighted by Gasteiger charge is 2.41. The molecule has 1 fully saturated rings. The van der Waals surface area contributed by atoms with E-state index in [1.807, 2.05) is 18.5 Å². The third-order valence-electron chi connectivity index (χ3n) is 9.90. The highest BCUT2D eigenvalue weighted by Crippen LogP contribution is 2.41. The van der Waals surface area contributed by atoms with Gasteiger partial charge in [-0.1, -0.05) is 146 Å². The van der Waals surface area contributed by atoms with Crippen molar-refractivity contribution in [3.8, 4) is 22.3 Å². The van der Waals surface area contributed by atoms with Gasteiger partial charge < -0.3 is 8.98 Å². The van der Waals surface area contributed by atoms with Gasteiger partial charge in [0.15, 0.2) is 0 Å². The number of benzene rings is 7. The summed E-state index contributed by atoms with van der Waals surface area (Å²) in [4.78, 5) is 5.32. The molecule has 0 saturated carbocycles. The molecule has 1 N–H and O–H groups in total. The molecule has 1 saturated heterocycles. The van der Waals surface area contributed by atoms with E-state index in [4.69, 9.17) is 9.41 Å². The molecule has 9 aromatic rings. The lowest BCUT2D eigenvalue weighted by atomic mass is 10.0. The van der Waals surface area contributed by atoms with Crippen molar-refractivity contribution in [2.45, 2.75) is 12.3 Å². The van der Waals surface area contributed by atoms with E-state index < -0.39 is 0 Å². The van der Waals surface area contributed by atoms with Gasteiger partial charge in [-0.3, -0.25) is 0 Å². The van der Waals surface area contributed by atoms with Crippen LogP contribution in [0.25, 0.3) is 66.0 Å². The molecule has 7 aromatic carbocycles. The molecule has 5 heteroatoms. The molecule has 50 heavy (non-hydrogen) atoms.